The van der Waals surface area contributed by atoms with Crippen molar-refractivity contribution in [3.63, 3.8) is 0 Å². The number of likely N-dealkylation sites (tertiary alicyclic amines) is 1. The van der Waals surface area contributed by atoms with Gasteiger partial charge in [0.25, 0.3) is 0 Å². The summed E-state index contributed by atoms with van der Waals surface area (Å²) >= 11 is 0. The van der Waals surface area contributed by atoms with E-state index in [0.29, 0.717) is 18.6 Å². The number of β-amino-alcohol motifs (C(OH)–C–C–N with tert-alkyl or cyclic N) is 2. The Morgan fingerprint density at radius 1 is 0.824 bits per heavy atom. The minimum absolute atomic E-state index is 0.475. The van der Waals surface area contributed by atoms with Gasteiger partial charge in [-0.25, -0.2) is 0 Å². The van der Waals surface area contributed by atoms with Crippen LogP contribution in [0.3, 0.4) is 0 Å². The van der Waals surface area contributed by atoms with Gasteiger partial charge in [-0.2, -0.15) is 0 Å². The molecule has 3 rings (SSSR count). The molecule has 2 N–H and O–H groups in total. The van der Waals surface area contributed by atoms with Gasteiger partial charge in [-0.15, -0.1) is 0 Å². The first-order chi connectivity index (χ1) is 8.27. The van der Waals surface area contributed by atoms with Gasteiger partial charge in [-0.3, -0.25) is 4.90 Å². The van der Waals surface area contributed by atoms with E-state index in [9.17, 15) is 10.2 Å². The first kappa shape index (κ1) is 11.9. The number of nitrogens with zero attached hydrogens (tertiary/aromatic N) is 1. The van der Waals surface area contributed by atoms with Gasteiger partial charge in [0, 0.05) is 18.6 Å². The highest BCUT2D eigenvalue weighted by Crippen LogP contribution is 2.48. The maximum absolute atomic E-state index is 9.31. The molecule has 2 saturated carbocycles. The van der Waals surface area contributed by atoms with Gasteiger partial charge in [0.1, 0.15) is 0 Å². The van der Waals surface area contributed by atoms with Crippen molar-refractivity contribution in [1.29, 1.82) is 0 Å². The van der Waals surface area contributed by atoms with Gasteiger partial charge in [-0.1, -0.05) is 25.7 Å². The molecule has 0 bridgehead atoms. The molecule has 1 saturated heterocycles. The Hall–Kier alpha value is -0.120. The van der Waals surface area contributed by atoms with Crippen LogP contribution in [0.5, 0.6) is 0 Å². The van der Waals surface area contributed by atoms with Crippen LogP contribution in [-0.4, -0.2) is 40.0 Å². The van der Waals surface area contributed by atoms with Crippen LogP contribution in [0.1, 0.15) is 51.4 Å². The lowest BCUT2D eigenvalue weighted by molar-refractivity contribution is -0.0741. The molecular weight excluding hydrogens is 214 g/mol. The van der Waals surface area contributed by atoms with Crippen LogP contribution in [-0.2, 0) is 0 Å². The Bertz CT molecular complexity index is 247. The van der Waals surface area contributed by atoms with E-state index in [4.69, 9.17) is 0 Å². The molecule has 3 nitrogen and oxygen atoms in total. The Morgan fingerprint density at radius 3 is 1.76 bits per heavy atom. The van der Waals surface area contributed by atoms with E-state index in [-0.39, 0.29) is 0 Å². The maximum Gasteiger partial charge on any atom is 0.164 e. The van der Waals surface area contributed by atoms with E-state index in [1.165, 1.54) is 51.4 Å². The van der Waals surface area contributed by atoms with Crippen molar-refractivity contribution in [2.45, 2.75) is 69.7 Å². The molecule has 1 heterocycles. The fourth-order valence-electron chi connectivity index (χ4n) is 4.81. The van der Waals surface area contributed by atoms with Gasteiger partial charge in [0.2, 0.25) is 0 Å². The summed E-state index contributed by atoms with van der Waals surface area (Å²) in [6.45, 7) is 0.475. The molecule has 0 aromatic carbocycles. The van der Waals surface area contributed by atoms with Crippen molar-refractivity contribution in [3.8, 4) is 0 Å². The summed E-state index contributed by atoms with van der Waals surface area (Å²) in [5.41, 5.74) is 0. The molecule has 0 aromatic rings. The fourth-order valence-corrected chi connectivity index (χ4v) is 4.81. The third-order valence-electron chi connectivity index (χ3n) is 5.34. The number of aliphatic hydroxyl groups excluding tert-OH is 1. The number of hydrogen-bond donors (Lipinski definition) is 2. The standard InChI is InChI=1S/C14H25NO2/c16-14(17)9-15-12-7-3-1-5-10(12)11-6-2-4-8-13(11)15/h10-14,16-17H,1-9H2. The Kier molecular flexibility index (Phi) is 3.42. The Balaban J connectivity index is 1.79. The molecule has 3 aliphatic rings. The smallest absolute Gasteiger partial charge is 0.164 e. The largest absolute Gasteiger partial charge is 0.367 e. The summed E-state index contributed by atoms with van der Waals surface area (Å²) in [6.07, 6.45) is 9.61. The van der Waals surface area contributed by atoms with Gasteiger partial charge in [0.15, 0.2) is 6.29 Å². The summed E-state index contributed by atoms with van der Waals surface area (Å²) in [5.74, 6) is 1.71. The molecule has 1 aliphatic heterocycles. The van der Waals surface area contributed by atoms with Gasteiger partial charge in [-0.05, 0) is 37.5 Å². The van der Waals surface area contributed by atoms with Gasteiger partial charge in [0.05, 0.1) is 0 Å². The molecule has 17 heavy (non-hydrogen) atoms. The zero-order valence-electron chi connectivity index (χ0n) is 10.6. The quantitative estimate of drug-likeness (QED) is 0.721. The van der Waals surface area contributed by atoms with E-state index in [1.807, 2.05) is 0 Å². The van der Waals surface area contributed by atoms with Crippen molar-refractivity contribution in [1.82, 2.24) is 4.90 Å². The minimum atomic E-state index is -1.15. The van der Waals surface area contributed by atoms with Crippen molar-refractivity contribution >= 4 is 0 Å². The Morgan fingerprint density at radius 2 is 1.29 bits per heavy atom. The Labute approximate surface area is 104 Å². The third-order valence-corrected chi connectivity index (χ3v) is 5.34. The molecule has 2 aliphatic carbocycles. The summed E-state index contributed by atoms with van der Waals surface area (Å²) in [4.78, 5) is 2.46. The second-order valence-corrected chi connectivity index (χ2v) is 6.21. The molecule has 4 unspecified atom stereocenters. The molecule has 3 fully saturated rings. The lowest BCUT2D eigenvalue weighted by atomic mass is 9.73. The predicted octanol–water partition coefficient (Wildman–Crippen LogP) is 1.73. The second kappa shape index (κ2) is 4.87. The summed E-state index contributed by atoms with van der Waals surface area (Å²) < 4.78 is 0. The average molecular weight is 239 g/mol. The van der Waals surface area contributed by atoms with Crippen LogP contribution in [0, 0.1) is 11.8 Å². The molecular formula is C14H25NO2. The van der Waals surface area contributed by atoms with Crippen LogP contribution in [0.2, 0.25) is 0 Å². The van der Waals surface area contributed by atoms with Crippen molar-refractivity contribution in [2.75, 3.05) is 6.54 Å². The molecule has 98 valence electrons. The molecule has 0 aromatic heterocycles. The van der Waals surface area contributed by atoms with Crippen LogP contribution >= 0.6 is 0 Å². The second-order valence-electron chi connectivity index (χ2n) is 6.21. The summed E-state index contributed by atoms with van der Waals surface area (Å²) in [6, 6.07) is 1.30. The SMILES string of the molecule is OC(O)CN1C2CCCCC2C2CCCCC21. The molecule has 0 spiro atoms. The highest BCUT2D eigenvalue weighted by atomic mass is 16.5. The van der Waals surface area contributed by atoms with Crippen molar-refractivity contribution in [2.24, 2.45) is 11.8 Å². The predicted molar refractivity (Wildman–Crippen MR) is 66.4 cm³/mol. The monoisotopic (exact) mass is 239 g/mol. The molecule has 4 atom stereocenters. The first-order valence-electron chi connectivity index (χ1n) is 7.39. The number of aliphatic hydroxyl groups is 2. The van der Waals surface area contributed by atoms with Crippen molar-refractivity contribution < 1.29 is 10.2 Å². The number of fused-ring (bicyclic) bond motifs is 3. The van der Waals surface area contributed by atoms with Gasteiger partial charge >= 0.3 is 0 Å². The lowest BCUT2D eigenvalue weighted by Crippen LogP contribution is -2.44. The highest BCUT2D eigenvalue weighted by molar-refractivity contribution is 5.02. The van der Waals surface area contributed by atoms with E-state index in [2.05, 4.69) is 4.90 Å². The highest BCUT2D eigenvalue weighted by Gasteiger charge is 2.49. The van der Waals surface area contributed by atoms with Gasteiger partial charge < -0.3 is 10.2 Å². The molecule has 3 heteroatoms. The topological polar surface area (TPSA) is 43.7 Å². The molecule has 0 amide bonds. The van der Waals surface area contributed by atoms with E-state index < -0.39 is 6.29 Å². The van der Waals surface area contributed by atoms with Crippen LogP contribution in [0.4, 0.5) is 0 Å². The number of hydrogen-bond acceptors (Lipinski definition) is 3. The van der Waals surface area contributed by atoms with Crippen LogP contribution < -0.4 is 0 Å². The van der Waals surface area contributed by atoms with Crippen LogP contribution in [0.15, 0.2) is 0 Å². The first-order valence-corrected chi connectivity index (χ1v) is 7.39. The summed E-state index contributed by atoms with van der Waals surface area (Å²) in [7, 11) is 0. The fraction of sp³-hybridized carbons (Fsp3) is 1.00. The van der Waals surface area contributed by atoms with Crippen molar-refractivity contribution in [3.05, 3.63) is 0 Å². The maximum atomic E-state index is 9.31. The van der Waals surface area contributed by atoms with E-state index in [0.717, 1.165) is 11.8 Å². The zero-order valence-corrected chi connectivity index (χ0v) is 10.6. The summed E-state index contributed by atoms with van der Waals surface area (Å²) in [5, 5.41) is 18.6. The van der Waals surface area contributed by atoms with Crippen LogP contribution in [0.25, 0.3) is 0 Å². The van der Waals surface area contributed by atoms with E-state index in [1.54, 1.807) is 0 Å². The number of rotatable bonds is 2. The minimum Gasteiger partial charge on any atom is -0.367 e. The normalized spacial score (nSPS) is 42.5. The molecule has 0 radical (unpaired) electrons. The third kappa shape index (κ3) is 2.13. The van der Waals surface area contributed by atoms with E-state index >= 15 is 0 Å². The zero-order chi connectivity index (χ0) is 11.8. The average Bonchev–Trinajstić information content (AvgIpc) is 2.65. The lowest BCUT2D eigenvalue weighted by Gasteiger charge is -2.34.